The summed E-state index contributed by atoms with van der Waals surface area (Å²) >= 11 is 5.43. The van der Waals surface area contributed by atoms with Crippen molar-refractivity contribution in [2.45, 2.75) is 31.9 Å². The fourth-order valence-electron chi connectivity index (χ4n) is 2.72. The summed E-state index contributed by atoms with van der Waals surface area (Å²) < 4.78 is 14.0. The predicted molar refractivity (Wildman–Crippen MR) is 77.3 cm³/mol. The minimum Gasteiger partial charge on any atom is -0.497 e. The molecule has 0 amide bonds. The normalized spacial score (nSPS) is 23.1. The summed E-state index contributed by atoms with van der Waals surface area (Å²) in [6.07, 6.45) is 2.21. The van der Waals surface area contributed by atoms with E-state index in [1.807, 2.05) is 18.2 Å². The Morgan fingerprint density at radius 1 is 1.53 bits per heavy atom. The zero-order chi connectivity index (χ0) is 13.5. The third-order valence-electron chi connectivity index (χ3n) is 3.77. The van der Waals surface area contributed by atoms with Gasteiger partial charge in [-0.05, 0) is 44.1 Å². The van der Waals surface area contributed by atoms with Crippen molar-refractivity contribution >= 4 is 23.3 Å². The number of rotatable bonds is 3. The lowest BCUT2D eigenvalue weighted by Crippen LogP contribution is -2.29. The smallest absolute Gasteiger partial charge is 0.178 e. The van der Waals surface area contributed by atoms with Crippen LogP contribution in [0.25, 0.3) is 11.0 Å². The molecule has 0 saturated carbocycles. The number of benzene rings is 1. The van der Waals surface area contributed by atoms with E-state index in [0.717, 1.165) is 47.5 Å². The van der Waals surface area contributed by atoms with Crippen LogP contribution in [0.4, 0.5) is 0 Å². The molecule has 102 valence electrons. The van der Waals surface area contributed by atoms with Crippen LogP contribution in [-0.4, -0.2) is 28.9 Å². The minimum atomic E-state index is -0.104. The van der Waals surface area contributed by atoms with Crippen molar-refractivity contribution in [2.75, 3.05) is 13.7 Å². The molecule has 2 aromatic rings. The fraction of sp³-hybridized carbons (Fsp3) is 0.500. The van der Waals surface area contributed by atoms with E-state index in [2.05, 4.69) is 16.5 Å². The van der Waals surface area contributed by atoms with E-state index in [0.29, 0.717) is 0 Å². The second-order valence-electron chi connectivity index (χ2n) is 5.30. The molecule has 1 aliphatic heterocycles. The molecule has 0 aliphatic carbocycles. The van der Waals surface area contributed by atoms with Gasteiger partial charge in [0.1, 0.15) is 5.75 Å². The Bertz CT molecular complexity index is 653. The number of hydrogen-bond acceptors (Lipinski definition) is 3. The van der Waals surface area contributed by atoms with Crippen molar-refractivity contribution in [1.29, 1.82) is 0 Å². The van der Waals surface area contributed by atoms with Crippen LogP contribution in [-0.2, 0) is 11.3 Å². The second kappa shape index (κ2) is 4.65. The van der Waals surface area contributed by atoms with Gasteiger partial charge in [0.2, 0.25) is 0 Å². The zero-order valence-corrected chi connectivity index (χ0v) is 12.0. The maximum atomic E-state index is 5.86. The van der Waals surface area contributed by atoms with Crippen molar-refractivity contribution in [3.05, 3.63) is 23.0 Å². The van der Waals surface area contributed by atoms with E-state index in [4.69, 9.17) is 21.7 Å². The summed E-state index contributed by atoms with van der Waals surface area (Å²) in [7, 11) is 1.67. The van der Waals surface area contributed by atoms with Gasteiger partial charge in [-0.2, -0.15) is 0 Å². The number of imidazole rings is 1. The number of methoxy groups -OCH3 is 1. The summed E-state index contributed by atoms with van der Waals surface area (Å²) in [5, 5.41) is 0. The number of hydrogen-bond donors (Lipinski definition) is 1. The summed E-state index contributed by atoms with van der Waals surface area (Å²) in [4.78, 5) is 3.24. The molecule has 19 heavy (non-hydrogen) atoms. The van der Waals surface area contributed by atoms with Gasteiger partial charge in [0.05, 0.1) is 30.3 Å². The highest BCUT2D eigenvalue weighted by Crippen LogP contribution is 2.29. The van der Waals surface area contributed by atoms with E-state index >= 15 is 0 Å². The molecule has 1 unspecified atom stereocenters. The summed E-state index contributed by atoms with van der Waals surface area (Å²) in [5.74, 6) is 0.833. The van der Waals surface area contributed by atoms with Gasteiger partial charge in [-0.3, -0.25) is 0 Å². The Morgan fingerprint density at radius 2 is 2.37 bits per heavy atom. The molecule has 0 bridgehead atoms. The summed E-state index contributed by atoms with van der Waals surface area (Å²) in [6.45, 7) is 3.79. The third-order valence-corrected chi connectivity index (χ3v) is 4.10. The van der Waals surface area contributed by atoms with E-state index in [1.165, 1.54) is 0 Å². The van der Waals surface area contributed by atoms with Crippen LogP contribution in [0.3, 0.4) is 0 Å². The summed E-state index contributed by atoms with van der Waals surface area (Å²) in [5.41, 5.74) is 2.00. The number of aromatic nitrogens is 2. The maximum Gasteiger partial charge on any atom is 0.178 e. The van der Waals surface area contributed by atoms with Crippen LogP contribution in [0.2, 0.25) is 0 Å². The quantitative estimate of drug-likeness (QED) is 0.876. The molecule has 0 radical (unpaired) electrons. The number of aromatic amines is 1. The molecule has 0 spiro atoms. The van der Waals surface area contributed by atoms with Gasteiger partial charge in [-0.15, -0.1) is 0 Å². The number of H-pyrrole nitrogens is 1. The average molecular weight is 278 g/mol. The molecule has 2 heterocycles. The van der Waals surface area contributed by atoms with Crippen molar-refractivity contribution in [3.8, 4) is 5.75 Å². The first-order valence-electron chi connectivity index (χ1n) is 6.52. The number of ether oxygens (including phenoxy) is 2. The molecule has 4 nitrogen and oxygen atoms in total. The first-order valence-corrected chi connectivity index (χ1v) is 6.93. The SMILES string of the molecule is COc1ccc2c(c1)[nH]c(=S)n2CC1(C)CCCO1. The molecule has 5 heteroatoms. The Labute approximate surface area is 117 Å². The largest absolute Gasteiger partial charge is 0.497 e. The Kier molecular flexibility index (Phi) is 3.11. The average Bonchev–Trinajstić information content (AvgIpc) is 2.95. The molecule has 1 aliphatic rings. The van der Waals surface area contributed by atoms with Gasteiger partial charge in [0, 0.05) is 12.7 Å². The zero-order valence-electron chi connectivity index (χ0n) is 11.2. The Morgan fingerprint density at radius 3 is 3.05 bits per heavy atom. The molecule has 1 aromatic carbocycles. The van der Waals surface area contributed by atoms with Crippen LogP contribution in [0.5, 0.6) is 5.75 Å². The number of fused-ring (bicyclic) bond motifs is 1. The molecule has 1 fully saturated rings. The van der Waals surface area contributed by atoms with Crippen molar-refractivity contribution in [2.24, 2.45) is 0 Å². The van der Waals surface area contributed by atoms with Crippen molar-refractivity contribution in [3.63, 3.8) is 0 Å². The first kappa shape index (κ1) is 12.7. The van der Waals surface area contributed by atoms with E-state index < -0.39 is 0 Å². The second-order valence-corrected chi connectivity index (χ2v) is 5.69. The van der Waals surface area contributed by atoms with Gasteiger partial charge in [0.15, 0.2) is 4.77 Å². The van der Waals surface area contributed by atoms with Crippen molar-refractivity contribution < 1.29 is 9.47 Å². The van der Waals surface area contributed by atoms with Crippen LogP contribution < -0.4 is 4.74 Å². The number of nitrogens with zero attached hydrogens (tertiary/aromatic N) is 1. The van der Waals surface area contributed by atoms with E-state index in [9.17, 15) is 0 Å². The molecule has 3 rings (SSSR count). The molecule has 1 saturated heterocycles. The lowest BCUT2D eigenvalue weighted by Gasteiger charge is -2.23. The standard InChI is InChI=1S/C14H18N2O2S/c1-14(6-3-7-18-14)9-16-12-5-4-10(17-2)8-11(12)15-13(16)19/h4-5,8H,3,6-7,9H2,1-2H3,(H,15,19). The molecule has 1 N–H and O–H groups in total. The molecule has 1 aromatic heterocycles. The molecular weight excluding hydrogens is 260 g/mol. The molecular formula is C14H18N2O2S. The van der Waals surface area contributed by atoms with Gasteiger partial charge < -0.3 is 19.0 Å². The van der Waals surface area contributed by atoms with Gasteiger partial charge in [-0.25, -0.2) is 0 Å². The third kappa shape index (κ3) is 2.28. The fourth-order valence-corrected chi connectivity index (χ4v) is 3.00. The van der Waals surface area contributed by atoms with Gasteiger partial charge in [-0.1, -0.05) is 0 Å². The lowest BCUT2D eigenvalue weighted by molar-refractivity contribution is 0.00679. The van der Waals surface area contributed by atoms with Crippen LogP contribution in [0.15, 0.2) is 18.2 Å². The van der Waals surface area contributed by atoms with E-state index in [-0.39, 0.29) is 5.60 Å². The minimum absolute atomic E-state index is 0.104. The Hall–Kier alpha value is -1.33. The summed E-state index contributed by atoms with van der Waals surface area (Å²) in [6, 6.07) is 5.97. The van der Waals surface area contributed by atoms with E-state index in [1.54, 1.807) is 7.11 Å². The predicted octanol–water partition coefficient (Wildman–Crippen LogP) is 3.28. The molecule has 1 atom stereocenters. The first-order chi connectivity index (χ1) is 9.11. The highest BCUT2D eigenvalue weighted by Gasteiger charge is 2.30. The van der Waals surface area contributed by atoms with Crippen LogP contribution in [0, 0.1) is 4.77 Å². The lowest BCUT2D eigenvalue weighted by atomic mass is 10.0. The van der Waals surface area contributed by atoms with Gasteiger partial charge in [0.25, 0.3) is 0 Å². The van der Waals surface area contributed by atoms with Gasteiger partial charge >= 0.3 is 0 Å². The number of nitrogens with one attached hydrogen (secondary N) is 1. The van der Waals surface area contributed by atoms with Crippen LogP contribution >= 0.6 is 12.2 Å². The monoisotopic (exact) mass is 278 g/mol. The highest BCUT2D eigenvalue weighted by molar-refractivity contribution is 7.71. The maximum absolute atomic E-state index is 5.86. The highest BCUT2D eigenvalue weighted by atomic mass is 32.1. The topological polar surface area (TPSA) is 39.2 Å². The Balaban J connectivity index is 2.03. The van der Waals surface area contributed by atoms with Crippen molar-refractivity contribution in [1.82, 2.24) is 9.55 Å². The van der Waals surface area contributed by atoms with Crippen LogP contribution in [0.1, 0.15) is 19.8 Å².